The summed E-state index contributed by atoms with van der Waals surface area (Å²) in [5, 5.41) is 5.25. The number of hydrogen-bond acceptors (Lipinski definition) is 4. The molecule has 0 spiro atoms. The molecule has 2 atom stereocenters. The van der Waals surface area contributed by atoms with Gasteiger partial charge in [-0.1, -0.05) is 156 Å². The lowest BCUT2D eigenvalue weighted by atomic mass is 9.97. The molecule has 0 aromatic carbocycles. The summed E-state index contributed by atoms with van der Waals surface area (Å²) in [7, 11) is 0. The monoisotopic (exact) mass is 507 g/mol. The molecule has 2 saturated heterocycles. The van der Waals surface area contributed by atoms with E-state index in [1.807, 2.05) is 0 Å². The van der Waals surface area contributed by atoms with Crippen LogP contribution in [0.5, 0.6) is 0 Å². The molecule has 2 fully saturated rings. The van der Waals surface area contributed by atoms with Gasteiger partial charge in [0.2, 0.25) is 0 Å². The summed E-state index contributed by atoms with van der Waals surface area (Å²) in [6, 6.07) is 0. The van der Waals surface area contributed by atoms with Gasteiger partial charge in [0.05, 0.1) is 11.3 Å². The third kappa shape index (κ3) is 12.1. The third-order valence-corrected chi connectivity index (χ3v) is 8.94. The number of rotatable bonds is 27. The lowest BCUT2D eigenvalue weighted by Gasteiger charge is -2.17. The van der Waals surface area contributed by atoms with Crippen LogP contribution in [-0.4, -0.2) is 34.4 Å². The van der Waals surface area contributed by atoms with Gasteiger partial charge in [-0.3, -0.25) is 0 Å². The molecular weight excluding hydrogens is 440 g/mol. The minimum absolute atomic E-state index is 0.317. The summed E-state index contributed by atoms with van der Waals surface area (Å²) >= 11 is 0. The van der Waals surface area contributed by atoms with Gasteiger partial charge in [-0.15, -0.1) is 0 Å². The maximum Gasteiger partial charge on any atom is 0.0974 e. The summed E-state index contributed by atoms with van der Waals surface area (Å²) < 4.78 is 0. The van der Waals surface area contributed by atoms with Crippen LogP contribution in [-0.2, 0) is 0 Å². The average molecular weight is 507 g/mol. The van der Waals surface area contributed by atoms with E-state index < -0.39 is 0 Å². The van der Waals surface area contributed by atoms with Gasteiger partial charge in [0.1, 0.15) is 0 Å². The highest BCUT2D eigenvalue weighted by Crippen LogP contribution is 2.39. The van der Waals surface area contributed by atoms with Crippen LogP contribution in [0.2, 0.25) is 0 Å². The van der Waals surface area contributed by atoms with Gasteiger partial charge in [-0.05, 0) is 25.7 Å². The van der Waals surface area contributed by atoms with Crippen LogP contribution in [0.4, 0.5) is 0 Å². The van der Waals surface area contributed by atoms with Gasteiger partial charge in [0.25, 0.3) is 0 Å². The molecule has 2 aliphatic heterocycles. The highest BCUT2D eigenvalue weighted by molar-refractivity contribution is 5.01. The van der Waals surface area contributed by atoms with Gasteiger partial charge in [0.15, 0.2) is 0 Å². The van der Waals surface area contributed by atoms with Crippen molar-refractivity contribution in [3.05, 3.63) is 0 Å². The summed E-state index contributed by atoms with van der Waals surface area (Å²) in [4.78, 5) is 0. The molecule has 2 N–H and O–H groups in total. The fourth-order valence-corrected chi connectivity index (χ4v) is 6.29. The van der Waals surface area contributed by atoms with Gasteiger partial charge >= 0.3 is 0 Å². The Morgan fingerprint density at radius 2 is 0.611 bits per heavy atom. The van der Waals surface area contributed by atoms with Crippen molar-refractivity contribution in [3.8, 4) is 0 Å². The van der Waals surface area contributed by atoms with Gasteiger partial charge in [-0.2, -0.15) is 0 Å². The summed E-state index contributed by atoms with van der Waals surface area (Å²) in [6.07, 6.45) is 33.2. The Morgan fingerprint density at radius 3 is 0.861 bits per heavy atom. The Bertz CT molecular complexity index is 448. The Kier molecular flexibility index (Phi) is 16.9. The van der Waals surface area contributed by atoms with Crippen LogP contribution in [0.25, 0.3) is 0 Å². The van der Waals surface area contributed by atoms with Crippen molar-refractivity contribution >= 4 is 0 Å². The second-order valence-corrected chi connectivity index (χ2v) is 12.2. The van der Waals surface area contributed by atoms with E-state index in [-0.39, 0.29) is 0 Å². The fraction of sp³-hybridized carbons (Fsp3) is 1.00. The molecule has 0 amide bonds. The van der Waals surface area contributed by atoms with Crippen LogP contribution in [0, 0.1) is 0 Å². The molecule has 0 bridgehead atoms. The summed E-state index contributed by atoms with van der Waals surface area (Å²) in [5.74, 6) is 0. The first-order valence-corrected chi connectivity index (χ1v) is 16.8. The van der Waals surface area contributed by atoms with Gasteiger partial charge < -0.3 is 0 Å². The maximum atomic E-state index is 3.89. The standard InChI is InChI=1S/C32H66N4/c1-5-9-13-17-21-25-31(26-22-18-14-10-6-2)33-35(31)29-30-36-32(34-36,27-23-19-15-11-7-3)28-24-20-16-12-8-4/h33-34H,5-30H2,1-4H3. The molecule has 36 heavy (non-hydrogen) atoms. The predicted molar refractivity (Wildman–Crippen MR) is 159 cm³/mol. The van der Waals surface area contributed by atoms with E-state index in [1.165, 1.54) is 167 Å². The predicted octanol–water partition coefficient (Wildman–Crippen LogP) is 9.46. The molecule has 0 aromatic rings. The zero-order valence-corrected chi connectivity index (χ0v) is 25.3. The number of nitrogens with one attached hydrogen (secondary N) is 2. The topological polar surface area (TPSA) is 49.9 Å². The first kappa shape index (κ1) is 32.1. The lowest BCUT2D eigenvalue weighted by Crippen LogP contribution is -2.26. The van der Waals surface area contributed by atoms with E-state index in [1.54, 1.807) is 0 Å². The Labute approximate surface area is 227 Å². The molecule has 0 aliphatic carbocycles. The molecule has 0 saturated carbocycles. The molecule has 2 unspecified atom stereocenters. The molecular formula is C32H66N4. The largest absolute Gasteiger partial charge is 0.232 e. The molecule has 214 valence electrons. The van der Waals surface area contributed by atoms with Crippen LogP contribution in [0.15, 0.2) is 0 Å². The van der Waals surface area contributed by atoms with Gasteiger partial charge in [-0.25, -0.2) is 20.9 Å². The van der Waals surface area contributed by atoms with Gasteiger partial charge in [0, 0.05) is 13.1 Å². The highest BCUT2D eigenvalue weighted by atomic mass is 15.8. The smallest absolute Gasteiger partial charge is 0.0974 e. The first-order valence-electron chi connectivity index (χ1n) is 16.8. The van der Waals surface area contributed by atoms with Crippen LogP contribution in [0.3, 0.4) is 0 Å². The van der Waals surface area contributed by atoms with Crippen molar-refractivity contribution < 1.29 is 0 Å². The second-order valence-electron chi connectivity index (χ2n) is 12.2. The maximum absolute atomic E-state index is 3.89. The molecule has 0 radical (unpaired) electrons. The fourth-order valence-electron chi connectivity index (χ4n) is 6.29. The quantitative estimate of drug-likeness (QED) is 0.0860. The highest BCUT2D eigenvalue weighted by Gasteiger charge is 2.53. The molecule has 0 aromatic heterocycles. The Morgan fingerprint density at radius 1 is 0.361 bits per heavy atom. The van der Waals surface area contributed by atoms with E-state index in [0.29, 0.717) is 11.3 Å². The summed E-state index contributed by atoms with van der Waals surface area (Å²) in [6.45, 7) is 11.6. The minimum Gasteiger partial charge on any atom is -0.232 e. The van der Waals surface area contributed by atoms with E-state index >= 15 is 0 Å². The lowest BCUT2D eigenvalue weighted by molar-refractivity contribution is 0.289. The van der Waals surface area contributed by atoms with Crippen LogP contribution in [0.1, 0.15) is 182 Å². The van der Waals surface area contributed by atoms with Crippen LogP contribution >= 0.6 is 0 Å². The third-order valence-electron chi connectivity index (χ3n) is 8.94. The Hall–Kier alpha value is -0.160. The zero-order valence-electron chi connectivity index (χ0n) is 25.3. The van der Waals surface area contributed by atoms with E-state index in [4.69, 9.17) is 0 Å². The molecule has 2 aliphatic rings. The number of unbranched alkanes of at least 4 members (excludes halogenated alkanes) is 16. The van der Waals surface area contributed by atoms with Crippen molar-refractivity contribution in [2.45, 2.75) is 193 Å². The normalized spacial score (nSPS) is 21.7. The van der Waals surface area contributed by atoms with Crippen molar-refractivity contribution in [1.29, 1.82) is 0 Å². The van der Waals surface area contributed by atoms with Crippen molar-refractivity contribution in [2.75, 3.05) is 13.1 Å². The Balaban J connectivity index is 1.77. The van der Waals surface area contributed by atoms with Crippen molar-refractivity contribution in [2.24, 2.45) is 0 Å². The SMILES string of the molecule is CCCCCCCC1(CCCCCCC)NN1CCN1NC1(CCCCCCC)CCCCCCC. The van der Waals surface area contributed by atoms with E-state index in [9.17, 15) is 0 Å². The molecule has 2 rings (SSSR count). The van der Waals surface area contributed by atoms with Crippen molar-refractivity contribution in [1.82, 2.24) is 20.9 Å². The molecule has 4 heteroatoms. The number of nitrogens with zero attached hydrogens (tertiary/aromatic N) is 2. The minimum atomic E-state index is 0.317. The summed E-state index contributed by atoms with van der Waals surface area (Å²) in [5.41, 5.74) is 8.41. The van der Waals surface area contributed by atoms with E-state index in [2.05, 4.69) is 48.6 Å². The zero-order chi connectivity index (χ0) is 26.0. The first-order chi connectivity index (χ1) is 17.7. The van der Waals surface area contributed by atoms with Crippen molar-refractivity contribution in [3.63, 3.8) is 0 Å². The number of hydrogen-bond donors (Lipinski definition) is 2. The average Bonchev–Trinajstić information content (AvgIpc) is 3.77. The molecule has 2 heterocycles. The van der Waals surface area contributed by atoms with Crippen LogP contribution < -0.4 is 10.9 Å². The second kappa shape index (κ2) is 19.0. The number of hydrazine groups is 2. The van der Waals surface area contributed by atoms with E-state index in [0.717, 1.165) is 0 Å². The molecule has 4 nitrogen and oxygen atoms in total.